The minimum atomic E-state index is -0.439. The second-order valence-electron chi connectivity index (χ2n) is 6.65. The smallest absolute Gasteiger partial charge is 0.218 e. The van der Waals surface area contributed by atoms with Crippen LogP contribution in [0.15, 0.2) is 41.2 Å². The van der Waals surface area contributed by atoms with E-state index in [-0.39, 0.29) is 5.92 Å². The zero-order valence-electron chi connectivity index (χ0n) is 16.3. The Hall–Kier alpha value is -2.41. The number of nitrogens with one attached hydrogen (secondary N) is 2. The molecule has 27 heavy (non-hydrogen) atoms. The summed E-state index contributed by atoms with van der Waals surface area (Å²) in [6.45, 7) is 6.74. The van der Waals surface area contributed by atoms with Gasteiger partial charge in [-0.05, 0) is 25.0 Å². The second kappa shape index (κ2) is 11.3. The van der Waals surface area contributed by atoms with E-state index in [1.807, 2.05) is 42.7 Å². The molecule has 1 unspecified atom stereocenters. The minimum absolute atomic E-state index is 0.110. The van der Waals surface area contributed by atoms with Crippen molar-refractivity contribution in [2.24, 2.45) is 16.6 Å². The van der Waals surface area contributed by atoms with Gasteiger partial charge in [-0.2, -0.15) is 4.39 Å². The van der Waals surface area contributed by atoms with E-state index in [2.05, 4.69) is 27.6 Å². The number of unbranched alkanes of at least 4 members (excludes halogenated alkanes) is 1. The first kappa shape index (κ1) is 20.9. The number of allylic oxidation sites excluding steroid dienone is 1. The van der Waals surface area contributed by atoms with Gasteiger partial charge in [0.15, 0.2) is 0 Å². The van der Waals surface area contributed by atoms with Gasteiger partial charge in [0, 0.05) is 56.2 Å². The molecule has 4 N–H and O–H groups in total. The van der Waals surface area contributed by atoms with Crippen LogP contribution in [-0.4, -0.2) is 42.4 Å². The van der Waals surface area contributed by atoms with Crippen molar-refractivity contribution in [1.82, 2.24) is 15.4 Å². The summed E-state index contributed by atoms with van der Waals surface area (Å²) in [7, 11) is 0. The van der Waals surface area contributed by atoms with Crippen LogP contribution in [0.1, 0.15) is 32.3 Å². The molecule has 0 aliphatic carbocycles. The Kier molecular flexibility index (Phi) is 8.77. The fourth-order valence-electron chi connectivity index (χ4n) is 2.71. The number of rotatable bonds is 11. The van der Waals surface area contributed by atoms with E-state index in [1.165, 1.54) is 0 Å². The third-order valence-electron chi connectivity index (χ3n) is 4.29. The van der Waals surface area contributed by atoms with Crippen LogP contribution in [0.2, 0.25) is 0 Å². The van der Waals surface area contributed by atoms with Crippen LogP contribution >= 0.6 is 0 Å². The Labute approximate surface area is 161 Å². The third-order valence-corrected chi connectivity index (χ3v) is 4.29. The number of hydrogen-bond donors (Lipinski definition) is 3. The molecule has 0 fully saturated rings. The van der Waals surface area contributed by atoms with Crippen LogP contribution in [0.5, 0.6) is 0 Å². The average molecular weight is 375 g/mol. The number of aliphatic imine (C=N–C) groups is 1. The number of halogens is 1. The van der Waals surface area contributed by atoms with Gasteiger partial charge in [-0.25, -0.2) is 4.98 Å². The van der Waals surface area contributed by atoms with Gasteiger partial charge in [0.2, 0.25) is 5.95 Å². The fraction of sp³-hybridized carbons (Fsp3) is 0.500. The third kappa shape index (κ3) is 7.02. The first-order valence-electron chi connectivity index (χ1n) is 9.59. The van der Waals surface area contributed by atoms with Gasteiger partial charge in [0.05, 0.1) is 6.54 Å². The zero-order valence-corrected chi connectivity index (χ0v) is 16.3. The second-order valence-corrected chi connectivity index (χ2v) is 6.65. The lowest BCUT2D eigenvalue weighted by Gasteiger charge is -2.13. The number of nitrogens with two attached hydrogens (primary N) is 1. The molecule has 2 heterocycles. The molecule has 0 aromatic carbocycles. The predicted octanol–water partition coefficient (Wildman–Crippen LogP) is 2.86. The van der Waals surface area contributed by atoms with E-state index in [0.717, 1.165) is 31.5 Å². The van der Waals surface area contributed by atoms with Crippen LogP contribution in [0.3, 0.4) is 0 Å². The molecule has 0 bridgehead atoms. The zero-order chi connectivity index (χ0) is 19.5. The molecule has 1 aromatic heterocycles. The van der Waals surface area contributed by atoms with Gasteiger partial charge >= 0.3 is 0 Å². The molecule has 1 aliphatic rings. The monoisotopic (exact) mass is 374 g/mol. The standard InChI is InChI=1S/C20H31FN6/c1-3-5-8-23-12-17(11-22)13-24-19-7-6-18(20(21)26-19)10-16-14-25-27(15-16)9-4-2/h4,6-7,9,12,14,17,25H,3,5,8,10-11,13,15,22H2,1-2H3,(H,24,26)/b9-4+,23-12?. The highest BCUT2D eigenvalue weighted by atomic mass is 19.1. The van der Waals surface area contributed by atoms with Gasteiger partial charge in [0.1, 0.15) is 5.82 Å². The fourth-order valence-corrected chi connectivity index (χ4v) is 2.71. The van der Waals surface area contributed by atoms with Gasteiger partial charge in [0.25, 0.3) is 0 Å². The molecule has 0 saturated heterocycles. The van der Waals surface area contributed by atoms with Gasteiger partial charge in [-0.1, -0.05) is 25.5 Å². The predicted molar refractivity (Wildman–Crippen MR) is 110 cm³/mol. The molecular weight excluding hydrogens is 343 g/mol. The summed E-state index contributed by atoms with van der Waals surface area (Å²) in [5, 5.41) is 5.11. The summed E-state index contributed by atoms with van der Waals surface area (Å²) < 4.78 is 14.4. The molecule has 6 nitrogen and oxygen atoms in total. The Morgan fingerprint density at radius 3 is 3.04 bits per heavy atom. The van der Waals surface area contributed by atoms with Crippen molar-refractivity contribution in [3.63, 3.8) is 0 Å². The Morgan fingerprint density at radius 2 is 2.33 bits per heavy atom. The van der Waals surface area contributed by atoms with Crippen molar-refractivity contribution in [2.75, 3.05) is 31.5 Å². The highest BCUT2D eigenvalue weighted by Gasteiger charge is 2.14. The summed E-state index contributed by atoms with van der Waals surface area (Å²) in [6.07, 6.45) is 10.4. The van der Waals surface area contributed by atoms with Gasteiger partial charge < -0.3 is 16.5 Å². The van der Waals surface area contributed by atoms with Crippen LogP contribution in [0, 0.1) is 11.9 Å². The van der Waals surface area contributed by atoms with Crippen molar-refractivity contribution < 1.29 is 4.39 Å². The minimum Gasteiger partial charge on any atom is -0.369 e. The SMILES string of the molecule is C/C=C/N1CC(Cc2ccc(NCC(C=NCCCC)CN)nc2F)=CN1. The topological polar surface area (TPSA) is 78.6 Å². The van der Waals surface area contributed by atoms with Crippen molar-refractivity contribution >= 4 is 12.0 Å². The van der Waals surface area contributed by atoms with E-state index >= 15 is 0 Å². The first-order valence-corrected chi connectivity index (χ1v) is 9.59. The van der Waals surface area contributed by atoms with Crippen molar-refractivity contribution in [3.05, 3.63) is 47.7 Å². The number of hydrazine groups is 1. The van der Waals surface area contributed by atoms with Crippen LogP contribution in [0.25, 0.3) is 0 Å². The lowest BCUT2D eigenvalue weighted by molar-refractivity contribution is 0.371. The number of aromatic nitrogens is 1. The summed E-state index contributed by atoms with van der Waals surface area (Å²) in [6, 6.07) is 3.60. The molecule has 7 heteroatoms. The van der Waals surface area contributed by atoms with Gasteiger partial charge in [-0.15, -0.1) is 0 Å². The number of pyridine rings is 1. The summed E-state index contributed by atoms with van der Waals surface area (Å²) >= 11 is 0. The van der Waals surface area contributed by atoms with Crippen LogP contribution < -0.4 is 16.5 Å². The number of anilines is 1. The van der Waals surface area contributed by atoms with E-state index in [4.69, 9.17) is 5.73 Å². The lowest BCUT2D eigenvalue weighted by atomic mass is 10.1. The maximum absolute atomic E-state index is 14.4. The number of nitrogens with zero attached hydrogens (tertiary/aromatic N) is 3. The summed E-state index contributed by atoms with van der Waals surface area (Å²) in [4.78, 5) is 8.44. The van der Waals surface area contributed by atoms with Crippen LogP contribution in [0.4, 0.5) is 10.2 Å². The maximum Gasteiger partial charge on any atom is 0.218 e. The quantitative estimate of drug-likeness (QED) is 0.315. The van der Waals surface area contributed by atoms with Gasteiger partial charge in [-0.3, -0.25) is 10.0 Å². The Morgan fingerprint density at radius 1 is 1.48 bits per heavy atom. The lowest BCUT2D eigenvalue weighted by Crippen LogP contribution is -2.24. The summed E-state index contributed by atoms with van der Waals surface area (Å²) in [5.74, 6) is 0.190. The molecular formula is C20H31FN6. The molecule has 0 radical (unpaired) electrons. The highest BCUT2D eigenvalue weighted by Crippen LogP contribution is 2.17. The number of hydrogen-bond acceptors (Lipinski definition) is 6. The Balaban J connectivity index is 1.86. The first-order chi connectivity index (χ1) is 13.2. The van der Waals surface area contributed by atoms with Crippen LogP contribution in [-0.2, 0) is 6.42 Å². The molecule has 2 rings (SSSR count). The average Bonchev–Trinajstić information content (AvgIpc) is 3.10. The molecule has 0 amide bonds. The van der Waals surface area contributed by atoms with Crippen molar-refractivity contribution in [1.29, 1.82) is 0 Å². The normalized spacial score (nSPS) is 15.4. The highest BCUT2D eigenvalue weighted by molar-refractivity contribution is 5.62. The Bertz CT molecular complexity index is 670. The molecule has 1 aliphatic heterocycles. The van der Waals surface area contributed by atoms with Crippen molar-refractivity contribution in [3.8, 4) is 0 Å². The van der Waals surface area contributed by atoms with E-state index in [1.54, 1.807) is 6.07 Å². The van der Waals surface area contributed by atoms with Crippen molar-refractivity contribution in [2.45, 2.75) is 33.1 Å². The molecule has 1 aromatic rings. The molecule has 0 spiro atoms. The molecule has 148 valence electrons. The molecule has 1 atom stereocenters. The van der Waals surface area contributed by atoms with E-state index < -0.39 is 5.95 Å². The van der Waals surface area contributed by atoms with E-state index in [0.29, 0.717) is 30.9 Å². The molecule has 0 saturated carbocycles. The van der Waals surface area contributed by atoms with E-state index in [9.17, 15) is 4.39 Å². The maximum atomic E-state index is 14.4. The largest absolute Gasteiger partial charge is 0.369 e. The summed E-state index contributed by atoms with van der Waals surface area (Å²) in [5.41, 5.74) is 10.6.